The van der Waals surface area contributed by atoms with Crippen molar-refractivity contribution >= 4 is 0 Å². The number of benzene rings is 1. The van der Waals surface area contributed by atoms with E-state index in [0.717, 1.165) is 11.3 Å². The Morgan fingerprint density at radius 3 is 2.80 bits per heavy atom. The minimum atomic E-state index is -2.48. The zero-order chi connectivity index (χ0) is 10.8. The van der Waals surface area contributed by atoms with Crippen LogP contribution < -0.4 is 10.5 Å². The highest BCUT2D eigenvalue weighted by atomic mass is 19.3. The van der Waals surface area contributed by atoms with Gasteiger partial charge in [0.05, 0.1) is 12.6 Å². The normalized spacial score (nSPS) is 22.0. The number of hydrogen-bond acceptors (Lipinski definition) is 2. The zero-order valence-corrected chi connectivity index (χ0v) is 8.20. The second-order valence-electron chi connectivity index (χ2n) is 3.79. The topological polar surface area (TPSA) is 35.2 Å². The number of rotatable bonds is 2. The average Bonchev–Trinajstić information content (AvgIpc) is 2.27. The average molecular weight is 213 g/mol. The fraction of sp³-hybridized carbons (Fsp3) is 0.455. The summed E-state index contributed by atoms with van der Waals surface area (Å²) in [5.41, 5.74) is 6.38. The molecule has 1 aromatic carbocycles. The first kappa shape index (κ1) is 10.4. The van der Waals surface area contributed by atoms with Crippen molar-refractivity contribution < 1.29 is 13.5 Å². The standard InChI is InChI=1S/C11H13F2NO/c12-11(13)10(14)8-5-7-3-1-2-4-9(7)15-6-8/h1-4,8,10-11H,5-6,14H2. The molecule has 0 aromatic heterocycles. The summed E-state index contributed by atoms with van der Waals surface area (Å²) in [6.07, 6.45) is -1.91. The second-order valence-corrected chi connectivity index (χ2v) is 3.79. The van der Waals surface area contributed by atoms with Gasteiger partial charge in [-0.1, -0.05) is 18.2 Å². The molecule has 2 rings (SSSR count). The third kappa shape index (κ3) is 2.09. The highest BCUT2D eigenvalue weighted by Crippen LogP contribution is 2.28. The molecule has 2 unspecified atom stereocenters. The molecule has 0 amide bonds. The van der Waals surface area contributed by atoms with Crippen molar-refractivity contribution in [3.05, 3.63) is 29.8 Å². The van der Waals surface area contributed by atoms with E-state index in [2.05, 4.69) is 0 Å². The van der Waals surface area contributed by atoms with Gasteiger partial charge in [0.25, 0.3) is 6.43 Å². The second kappa shape index (κ2) is 4.14. The molecule has 1 aliphatic rings. The molecule has 1 heterocycles. The molecule has 2 atom stereocenters. The molecule has 0 spiro atoms. The van der Waals surface area contributed by atoms with Gasteiger partial charge in [-0.2, -0.15) is 0 Å². The monoisotopic (exact) mass is 213 g/mol. The van der Waals surface area contributed by atoms with Crippen molar-refractivity contribution in [2.45, 2.75) is 18.9 Å². The maximum absolute atomic E-state index is 12.4. The first-order valence-electron chi connectivity index (χ1n) is 4.93. The number of alkyl halides is 2. The van der Waals surface area contributed by atoms with Crippen LogP contribution in [0.2, 0.25) is 0 Å². The molecule has 82 valence electrons. The molecule has 2 N–H and O–H groups in total. The summed E-state index contributed by atoms with van der Waals surface area (Å²) >= 11 is 0. The summed E-state index contributed by atoms with van der Waals surface area (Å²) in [6.45, 7) is 0.280. The molecule has 0 radical (unpaired) electrons. The lowest BCUT2D eigenvalue weighted by Gasteiger charge is -2.28. The summed E-state index contributed by atoms with van der Waals surface area (Å²) in [5, 5.41) is 0. The van der Waals surface area contributed by atoms with Crippen LogP contribution in [0.15, 0.2) is 24.3 Å². The van der Waals surface area contributed by atoms with Gasteiger partial charge in [-0.25, -0.2) is 8.78 Å². The predicted octanol–water partition coefficient (Wildman–Crippen LogP) is 1.83. The lowest BCUT2D eigenvalue weighted by atomic mass is 9.91. The van der Waals surface area contributed by atoms with Gasteiger partial charge in [0, 0.05) is 5.92 Å². The van der Waals surface area contributed by atoms with Gasteiger partial charge in [-0.3, -0.25) is 0 Å². The molecule has 15 heavy (non-hydrogen) atoms. The Labute approximate surface area is 87.0 Å². The van der Waals surface area contributed by atoms with Crippen LogP contribution in [0.5, 0.6) is 5.75 Å². The van der Waals surface area contributed by atoms with E-state index in [1.165, 1.54) is 0 Å². The van der Waals surface area contributed by atoms with Gasteiger partial charge in [0.1, 0.15) is 5.75 Å². The molecule has 0 bridgehead atoms. The van der Waals surface area contributed by atoms with E-state index in [9.17, 15) is 8.78 Å². The lowest BCUT2D eigenvalue weighted by molar-refractivity contribution is 0.0661. The molecule has 0 saturated carbocycles. The highest BCUT2D eigenvalue weighted by Gasteiger charge is 2.30. The smallest absolute Gasteiger partial charge is 0.253 e. The molecule has 1 aromatic rings. The first-order valence-corrected chi connectivity index (χ1v) is 4.93. The first-order chi connectivity index (χ1) is 7.18. The van der Waals surface area contributed by atoms with Gasteiger partial charge < -0.3 is 10.5 Å². The summed E-state index contributed by atoms with van der Waals surface area (Å²) in [7, 11) is 0. The van der Waals surface area contributed by atoms with Crippen LogP contribution in [0.3, 0.4) is 0 Å². The Balaban J connectivity index is 2.12. The van der Waals surface area contributed by atoms with E-state index >= 15 is 0 Å². The number of halogens is 2. The van der Waals surface area contributed by atoms with Gasteiger partial charge in [0.2, 0.25) is 0 Å². The van der Waals surface area contributed by atoms with Crippen molar-refractivity contribution in [2.24, 2.45) is 11.7 Å². The lowest BCUT2D eigenvalue weighted by Crippen LogP contribution is -2.42. The van der Waals surface area contributed by atoms with Crippen LogP contribution in [0.4, 0.5) is 8.78 Å². The molecule has 0 fully saturated rings. The minimum Gasteiger partial charge on any atom is -0.493 e. The highest BCUT2D eigenvalue weighted by molar-refractivity contribution is 5.35. The summed E-state index contributed by atoms with van der Waals surface area (Å²) in [6, 6.07) is 6.38. The van der Waals surface area contributed by atoms with E-state index in [1.54, 1.807) is 0 Å². The van der Waals surface area contributed by atoms with Gasteiger partial charge in [0.15, 0.2) is 0 Å². The SMILES string of the molecule is NC(C(F)F)C1COc2ccccc2C1. The van der Waals surface area contributed by atoms with Crippen molar-refractivity contribution in [1.82, 2.24) is 0 Å². The fourth-order valence-electron chi connectivity index (χ4n) is 1.80. The predicted molar refractivity (Wildman–Crippen MR) is 53.1 cm³/mol. The number of hydrogen-bond donors (Lipinski definition) is 1. The fourth-order valence-corrected chi connectivity index (χ4v) is 1.80. The molecule has 0 saturated heterocycles. The molecular formula is C11H13F2NO. The van der Waals surface area contributed by atoms with Crippen molar-refractivity contribution in [3.8, 4) is 5.75 Å². The minimum absolute atomic E-state index is 0.280. The summed E-state index contributed by atoms with van der Waals surface area (Å²) in [5.74, 6) is 0.495. The van der Waals surface area contributed by atoms with E-state index in [-0.39, 0.29) is 12.5 Å². The van der Waals surface area contributed by atoms with Crippen molar-refractivity contribution in [2.75, 3.05) is 6.61 Å². The van der Waals surface area contributed by atoms with Crippen LogP contribution in [0.1, 0.15) is 5.56 Å². The zero-order valence-electron chi connectivity index (χ0n) is 8.20. The van der Waals surface area contributed by atoms with Crippen LogP contribution in [0, 0.1) is 5.92 Å². The van der Waals surface area contributed by atoms with Crippen molar-refractivity contribution in [3.63, 3.8) is 0 Å². The van der Waals surface area contributed by atoms with Gasteiger partial charge in [-0.15, -0.1) is 0 Å². The van der Waals surface area contributed by atoms with Crippen LogP contribution >= 0.6 is 0 Å². The number of nitrogens with two attached hydrogens (primary N) is 1. The van der Waals surface area contributed by atoms with E-state index in [1.807, 2.05) is 24.3 Å². The maximum atomic E-state index is 12.4. The van der Waals surface area contributed by atoms with Crippen molar-refractivity contribution in [1.29, 1.82) is 0 Å². The summed E-state index contributed by atoms with van der Waals surface area (Å²) in [4.78, 5) is 0. The molecule has 4 heteroatoms. The third-order valence-electron chi connectivity index (χ3n) is 2.74. The quantitative estimate of drug-likeness (QED) is 0.813. The van der Waals surface area contributed by atoms with Crippen LogP contribution in [0.25, 0.3) is 0 Å². The Bertz CT molecular complexity index is 343. The number of fused-ring (bicyclic) bond motifs is 1. The van der Waals surface area contributed by atoms with E-state index < -0.39 is 12.5 Å². The van der Waals surface area contributed by atoms with E-state index in [4.69, 9.17) is 10.5 Å². The Kier molecular flexibility index (Phi) is 2.86. The Morgan fingerprint density at radius 2 is 2.07 bits per heavy atom. The maximum Gasteiger partial charge on any atom is 0.253 e. The number of para-hydroxylation sites is 1. The Morgan fingerprint density at radius 1 is 1.33 bits per heavy atom. The van der Waals surface area contributed by atoms with E-state index in [0.29, 0.717) is 6.42 Å². The van der Waals surface area contributed by atoms with Gasteiger partial charge >= 0.3 is 0 Å². The molecule has 2 nitrogen and oxygen atoms in total. The number of ether oxygens (including phenoxy) is 1. The largest absolute Gasteiger partial charge is 0.493 e. The summed E-state index contributed by atoms with van der Waals surface area (Å²) < 4.78 is 30.2. The Hall–Kier alpha value is -1.16. The molecule has 0 aliphatic carbocycles. The van der Waals surface area contributed by atoms with Crippen LogP contribution in [-0.2, 0) is 6.42 Å². The molecular weight excluding hydrogens is 200 g/mol. The third-order valence-corrected chi connectivity index (χ3v) is 2.74. The van der Waals surface area contributed by atoms with Gasteiger partial charge in [-0.05, 0) is 18.1 Å². The molecule has 1 aliphatic heterocycles. The van der Waals surface area contributed by atoms with Crippen LogP contribution in [-0.4, -0.2) is 19.1 Å².